The number of rotatable bonds is 7. The summed E-state index contributed by atoms with van der Waals surface area (Å²) >= 11 is 6.11. The SMILES string of the molecule is COc1cccc(C(=O)N2CCC(c3cc(CCOc4ccccc4Cl)[nH]n3)C2)c1. The van der Waals surface area contributed by atoms with Gasteiger partial charge in [0.05, 0.1) is 24.4 Å². The van der Waals surface area contributed by atoms with Crippen LogP contribution in [-0.2, 0) is 6.42 Å². The molecular formula is C23H24ClN3O3. The summed E-state index contributed by atoms with van der Waals surface area (Å²) in [6.07, 6.45) is 1.60. The van der Waals surface area contributed by atoms with E-state index in [1.54, 1.807) is 13.2 Å². The summed E-state index contributed by atoms with van der Waals surface area (Å²) in [4.78, 5) is 14.7. The number of halogens is 1. The van der Waals surface area contributed by atoms with E-state index in [1.165, 1.54) is 0 Å². The molecule has 1 atom stereocenters. The van der Waals surface area contributed by atoms with Crippen LogP contribution in [0.4, 0.5) is 0 Å². The number of ether oxygens (including phenoxy) is 2. The van der Waals surface area contributed by atoms with E-state index < -0.39 is 0 Å². The van der Waals surface area contributed by atoms with Gasteiger partial charge in [-0.15, -0.1) is 0 Å². The molecule has 4 rings (SSSR count). The zero-order valence-electron chi connectivity index (χ0n) is 16.8. The second kappa shape index (κ2) is 9.22. The van der Waals surface area contributed by atoms with Crippen molar-refractivity contribution in [2.24, 2.45) is 0 Å². The lowest BCUT2D eigenvalue weighted by Gasteiger charge is -2.16. The lowest BCUT2D eigenvalue weighted by molar-refractivity contribution is 0.0790. The Balaban J connectivity index is 1.32. The number of benzene rings is 2. The molecule has 1 aliphatic heterocycles. The van der Waals surface area contributed by atoms with Crippen molar-refractivity contribution in [2.45, 2.75) is 18.8 Å². The van der Waals surface area contributed by atoms with Gasteiger partial charge in [0.15, 0.2) is 0 Å². The third-order valence-corrected chi connectivity index (χ3v) is 5.64. The quantitative estimate of drug-likeness (QED) is 0.612. The minimum absolute atomic E-state index is 0.0281. The molecule has 0 saturated carbocycles. The Labute approximate surface area is 180 Å². The molecule has 2 aromatic carbocycles. The smallest absolute Gasteiger partial charge is 0.254 e. The van der Waals surface area contributed by atoms with Crippen molar-refractivity contribution in [2.75, 3.05) is 26.8 Å². The summed E-state index contributed by atoms with van der Waals surface area (Å²) in [6.45, 7) is 1.89. The van der Waals surface area contributed by atoms with Gasteiger partial charge in [-0.3, -0.25) is 9.89 Å². The predicted molar refractivity (Wildman–Crippen MR) is 115 cm³/mol. The molecule has 1 N–H and O–H groups in total. The summed E-state index contributed by atoms with van der Waals surface area (Å²) in [6, 6.07) is 16.8. The maximum Gasteiger partial charge on any atom is 0.254 e. The highest BCUT2D eigenvalue weighted by atomic mass is 35.5. The van der Waals surface area contributed by atoms with Crippen molar-refractivity contribution in [3.8, 4) is 11.5 Å². The predicted octanol–water partition coefficient (Wildman–Crippen LogP) is 4.32. The van der Waals surface area contributed by atoms with Gasteiger partial charge in [-0.25, -0.2) is 0 Å². The zero-order valence-corrected chi connectivity index (χ0v) is 17.6. The van der Waals surface area contributed by atoms with Crippen LogP contribution < -0.4 is 9.47 Å². The second-order valence-corrected chi connectivity index (χ2v) is 7.72. The Morgan fingerprint density at radius 2 is 2.10 bits per heavy atom. The van der Waals surface area contributed by atoms with Gasteiger partial charge < -0.3 is 14.4 Å². The normalized spacial score (nSPS) is 15.9. The number of likely N-dealkylation sites (tertiary alicyclic amines) is 1. The number of aromatic amines is 1. The molecule has 30 heavy (non-hydrogen) atoms. The fourth-order valence-corrected chi connectivity index (χ4v) is 3.86. The van der Waals surface area contributed by atoms with Crippen LogP contribution in [0.5, 0.6) is 11.5 Å². The topological polar surface area (TPSA) is 67.4 Å². The number of para-hydroxylation sites is 1. The maximum atomic E-state index is 12.8. The van der Waals surface area contributed by atoms with Crippen LogP contribution in [0, 0.1) is 0 Å². The number of carbonyl (C=O) groups is 1. The maximum absolute atomic E-state index is 12.8. The number of H-pyrrole nitrogens is 1. The first-order valence-corrected chi connectivity index (χ1v) is 10.4. The standard InChI is InChI=1S/C23H24ClN3O3/c1-29-19-6-4-5-16(13-19)23(28)27-11-9-17(15-27)21-14-18(25-26-21)10-12-30-22-8-3-2-7-20(22)24/h2-8,13-14,17H,9-12,15H2,1H3,(H,25,26). The average molecular weight is 426 g/mol. The van der Waals surface area contributed by atoms with Crippen molar-refractivity contribution < 1.29 is 14.3 Å². The van der Waals surface area contributed by atoms with Crippen molar-refractivity contribution in [3.63, 3.8) is 0 Å². The van der Waals surface area contributed by atoms with Gasteiger partial charge in [-0.1, -0.05) is 29.8 Å². The van der Waals surface area contributed by atoms with Crippen LogP contribution in [0.25, 0.3) is 0 Å². The number of carbonyl (C=O) groups excluding carboxylic acids is 1. The first kappa shape index (κ1) is 20.3. The van der Waals surface area contributed by atoms with Crippen LogP contribution in [-0.4, -0.2) is 47.8 Å². The molecule has 1 saturated heterocycles. The highest BCUT2D eigenvalue weighted by Crippen LogP contribution is 2.28. The van der Waals surface area contributed by atoms with E-state index >= 15 is 0 Å². The average Bonchev–Trinajstić information content (AvgIpc) is 3.44. The van der Waals surface area contributed by atoms with E-state index in [9.17, 15) is 4.79 Å². The number of hydrogen-bond donors (Lipinski definition) is 1. The van der Waals surface area contributed by atoms with Crippen LogP contribution in [0.15, 0.2) is 54.6 Å². The first-order valence-electron chi connectivity index (χ1n) is 9.99. The molecule has 3 aromatic rings. The summed E-state index contributed by atoms with van der Waals surface area (Å²) in [5.74, 6) is 1.63. The molecule has 1 amide bonds. The molecule has 0 radical (unpaired) electrons. The van der Waals surface area contributed by atoms with Gasteiger partial charge in [-0.2, -0.15) is 5.10 Å². The van der Waals surface area contributed by atoms with Gasteiger partial charge in [0, 0.05) is 36.7 Å². The summed E-state index contributed by atoms with van der Waals surface area (Å²) in [5, 5.41) is 8.17. The van der Waals surface area contributed by atoms with Gasteiger partial charge in [-0.05, 0) is 42.8 Å². The lowest BCUT2D eigenvalue weighted by atomic mass is 10.0. The van der Waals surface area contributed by atoms with Crippen LogP contribution >= 0.6 is 11.6 Å². The number of nitrogens with one attached hydrogen (secondary N) is 1. The molecule has 7 heteroatoms. The molecular weight excluding hydrogens is 402 g/mol. The van der Waals surface area contributed by atoms with Crippen LogP contribution in [0.3, 0.4) is 0 Å². The van der Waals surface area contributed by atoms with E-state index in [0.29, 0.717) is 41.7 Å². The Kier molecular flexibility index (Phi) is 6.23. The third kappa shape index (κ3) is 4.60. The fraction of sp³-hybridized carbons (Fsp3) is 0.304. The number of hydrogen-bond acceptors (Lipinski definition) is 4. The number of nitrogens with zero attached hydrogens (tertiary/aromatic N) is 2. The van der Waals surface area contributed by atoms with Gasteiger partial charge in [0.25, 0.3) is 5.91 Å². The minimum Gasteiger partial charge on any atom is -0.497 e. The molecule has 1 aromatic heterocycles. The number of methoxy groups -OCH3 is 1. The third-order valence-electron chi connectivity index (χ3n) is 5.33. The molecule has 0 aliphatic carbocycles. The highest BCUT2D eigenvalue weighted by molar-refractivity contribution is 6.32. The van der Waals surface area contributed by atoms with Crippen LogP contribution in [0.2, 0.25) is 5.02 Å². The second-order valence-electron chi connectivity index (χ2n) is 7.32. The summed E-state index contributed by atoms with van der Waals surface area (Å²) < 4.78 is 11.0. The van der Waals surface area contributed by atoms with E-state index in [1.807, 2.05) is 47.4 Å². The molecule has 1 aliphatic rings. The van der Waals surface area contributed by atoms with Crippen molar-refractivity contribution in [1.82, 2.24) is 15.1 Å². The van der Waals surface area contributed by atoms with E-state index in [2.05, 4.69) is 16.3 Å². The van der Waals surface area contributed by atoms with E-state index in [0.717, 1.165) is 24.4 Å². The molecule has 156 valence electrons. The molecule has 1 fully saturated rings. The lowest BCUT2D eigenvalue weighted by Crippen LogP contribution is -2.28. The number of amides is 1. The molecule has 6 nitrogen and oxygen atoms in total. The van der Waals surface area contributed by atoms with E-state index in [-0.39, 0.29) is 11.8 Å². The first-order chi connectivity index (χ1) is 14.6. The molecule has 0 spiro atoms. The largest absolute Gasteiger partial charge is 0.497 e. The van der Waals surface area contributed by atoms with Crippen molar-refractivity contribution >= 4 is 17.5 Å². The summed E-state index contributed by atoms with van der Waals surface area (Å²) in [5.41, 5.74) is 2.65. The zero-order chi connectivity index (χ0) is 20.9. The minimum atomic E-state index is 0.0281. The summed E-state index contributed by atoms with van der Waals surface area (Å²) in [7, 11) is 1.60. The molecule has 0 bridgehead atoms. The van der Waals surface area contributed by atoms with Gasteiger partial charge >= 0.3 is 0 Å². The Bertz CT molecular complexity index is 1020. The van der Waals surface area contributed by atoms with E-state index in [4.69, 9.17) is 21.1 Å². The van der Waals surface area contributed by atoms with Gasteiger partial charge in [0.2, 0.25) is 0 Å². The monoisotopic (exact) mass is 425 g/mol. The number of aromatic nitrogens is 2. The van der Waals surface area contributed by atoms with Crippen molar-refractivity contribution in [1.29, 1.82) is 0 Å². The Hall–Kier alpha value is -2.99. The van der Waals surface area contributed by atoms with Gasteiger partial charge in [0.1, 0.15) is 11.5 Å². The Morgan fingerprint density at radius 1 is 1.23 bits per heavy atom. The fourth-order valence-electron chi connectivity index (χ4n) is 3.67. The molecule has 2 heterocycles. The molecule has 1 unspecified atom stereocenters. The van der Waals surface area contributed by atoms with Crippen molar-refractivity contribution in [3.05, 3.63) is 76.6 Å². The highest BCUT2D eigenvalue weighted by Gasteiger charge is 2.29. The van der Waals surface area contributed by atoms with Crippen LogP contribution in [0.1, 0.15) is 34.1 Å². The Morgan fingerprint density at radius 3 is 2.93 bits per heavy atom.